The Hall–Kier alpha value is -1.91. The van der Waals surface area contributed by atoms with Crippen molar-refractivity contribution in [3.05, 3.63) is 57.5 Å². The standard InChI is InChI=1S/C13H11ClF3N3O3S/c1-20-12(21)10(6-7-18-20)24(22,23)19-11(13(15,16)17)8-2-4-9(14)5-3-8/h2-7,11,19H,1H3/t11-/m1/s1. The van der Waals surface area contributed by atoms with E-state index in [9.17, 15) is 26.4 Å². The third-order valence-corrected chi connectivity index (χ3v) is 4.75. The summed E-state index contributed by atoms with van der Waals surface area (Å²) in [4.78, 5) is 11.0. The first kappa shape index (κ1) is 18.4. The van der Waals surface area contributed by atoms with E-state index in [2.05, 4.69) is 5.10 Å². The Bertz CT molecular complexity index is 895. The maximum atomic E-state index is 13.3. The number of hydrogen-bond donors (Lipinski definition) is 1. The third kappa shape index (κ3) is 3.94. The highest BCUT2D eigenvalue weighted by atomic mass is 35.5. The van der Waals surface area contributed by atoms with Crippen molar-refractivity contribution in [3.8, 4) is 0 Å². The molecule has 0 amide bonds. The molecule has 1 heterocycles. The van der Waals surface area contributed by atoms with Crippen molar-refractivity contribution in [2.75, 3.05) is 0 Å². The predicted molar refractivity (Wildman–Crippen MR) is 80.0 cm³/mol. The molecule has 24 heavy (non-hydrogen) atoms. The van der Waals surface area contributed by atoms with Crippen LogP contribution in [0, 0.1) is 0 Å². The SMILES string of the molecule is Cn1nccc(S(=O)(=O)N[C@H](c2ccc(Cl)cc2)C(F)(F)F)c1=O. The van der Waals surface area contributed by atoms with Crippen LogP contribution in [0.15, 0.2) is 46.2 Å². The van der Waals surface area contributed by atoms with E-state index in [-0.39, 0.29) is 10.6 Å². The monoisotopic (exact) mass is 381 g/mol. The van der Waals surface area contributed by atoms with Crippen molar-refractivity contribution in [2.24, 2.45) is 7.05 Å². The zero-order chi connectivity index (χ0) is 18.1. The van der Waals surface area contributed by atoms with Gasteiger partial charge in [0.05, 0.1) is 0 Å². The largest absolute Gasteiger partial charge is 0.408 e. The van der Waals surface area contributed by atoms with Crippen molar-refractivity contribution in [1.29, 1.82) is 0 Å². The summed E-state index contributed by atoms with van der Waals surface area (Å²) in [7, 11) is -3.55. The molecule has 11 heteroatoms. The fourth-order valence-electron chi connectivity index (χ4n) is 1.89. The molecule has 0 bridgehead atoms. The highest BCUT2D eigenvalue weighted by Gasteiger charge is 2.43. The van der Waals surface area contributed by atoms with Gasteiger partial charge in [-0.25, -0.2) is 13.1 Å². The molecule has 0 radical (unpaired) electrons. The van der Waals surface area contributed by atoms with Crippen LogP contribution in [-0.4, -0.2) is 24.4 Å². The molecular weight excluding hydrogens is 371 g/mol. The normalized spacial score (nSPS) is 13.7. The molecule has 2 aromatic rings. The van der Waals surface area contributed by atoms with Gasteiger partial charge in [-0.3, -0.25) is 4.79 Å². The number of aromatic nitrogens is 2. The lowest BCUT2D eigenvalue weighted by atomic mass is 10.1. The number of hydrogen-bond acceptors (Lipinski definition) is 4. The van der Waals surface area contributed by atoms with Crippen LogP contribution >= 0.6 is 11.6 Å². The van der Waals surface area contributed by atoms with Gasteiger partial charge in [-0.05, 0) is 23.8 Å². The van der Waals surface area contributed by atoms with Gasteiger partial charge in [-0.2, -0.15) is 23.0 Å². The number of alkyl halides is 3. The Kier molecular flexibility index (Phi) is 5.02. The number of benzene rings is 1. The molecule has 0 aliphatic rings. The minimum atomic E-state index is -4.92. The number of sulfonamides is 1. The predicted octanol–water partition coefficient (Wildman–Crippen LogP) is 2.02. The Morgan fingerprint density at radius 3 is 2.33 bits per heavy atom. The molecule has 6 nitrogen and oxygen atoms in total. The molecule has 130 valence electrons. The van der Waals surface area contributed by atoms with Crippen molar-refractivity contribution in [3.63, 3.8) is 0 Å². The van der Waals surface area contributed by atoms with Crippen LogP contribution in [0.3, 0.4) is 0 Å². The van der Waals surface area contributed by atoms with Crippen LogP contribution < -0.4 is 10.3 Å². The molecule has 0 spiro atoms. The number of aryl methyl sites for hydroxylation is 1. The molecule has 1 aromatic heterocycles. The Balaban J connectivity index is 2.48. The molecule has 1 aromatic carbocycles. The van der Waals surface area contributed by atoms with E-state index in [4.69, 9.17) is 11.6 Å². The number of nitrogens with zero attached hydrogens (tertiary/aromatic N) is 2. The van der Waals surface area contributed by atoms with E-state index in [1.54, 1.807) is 0 Å². The Morgan fingerprint density at radius 2 is 1.79 bits per heavy atom. The maximum Gasteiger partial charge on any atom is 0.408 e. The topological polar surface area (TPSA) is 81.1 Å². The van der Waals surface area contributed by atoms with Crippen molar-refractivity contribution >= 4 is 21.6 Å². The molecule has 0 aliphatic carbocycles. The van der Waals surface area contributed by atoms with E-state index in [0.717, 1.165) is 24.4 Å². The fraction of sp³-hybridized carbons (Fsp3) is 0.231. The van der Waals surface area contributed by atoms with Crippen LogP contribution in [0.2, 0.25) is 5.02 Å². The molecule has 0 saturated carbocycles. The molecule has 0 unspecified atom stereocenters. The first-order chi connectivity index (χ1) is 11.0. The Morgan fingerprint density at radius 1 is 1.21 bits per heavy atom. The molecular formula is C13H11ClF3N3O3S. The molecule has 0 aliphatic heterocycles. The Labute approximate surface area is 139 Å². The van der Waals surface area contributed by atoms with Gasteiger partial charge in [0.15, 0.2) is 4.90 Å². The van der Waals surface area contributed by atoms with E-state index >= 15 is 0 Å². The van der Waals surface area contributed by atoms with E-state index < -0.39 is 32.7 Å². The minimum absolute atomic E-state index is 0.200. The lowest BCUT2D eigenvalue weighted by Crippen LogP contribution is -2.40. The quantitative estimate of drug-likeness (QED) is 0.878. The molecule has 0 fully saturated rings. The van der Waals surface area contributed by atoms with Gasteiger partial charge in [-0.15, -0.1) is 0 Å². The van der Waals surface area contributed by atoms with Crippen LogP contribution in [0.1, 0.15) is 11.6 Å². The van der Waals surface area contributed by atoms with E-state index in [0.29, 0.717) is 4.68 Å². The second kappa shape index (κ2) is 6.54. The van der Waals surface area contributed by atoms with E-state index in [1.807, 2.05) is 0 Å². The van der Waals surface area contributed by atoms with Gasteiger partial charge in [0.1, 0.15) is 6.04 Å². The summed E-state index contributed by atoms with van der Waals surface area (Å²) < 4.78 is 66.5. The minimum Gasteiger partial charge on any atom is -0.266 e. The van der Waals surface area contributed by atoms with Crippen LogP contribution in [0.5, 0.6) is 0 Å². The van der Waals surface area contributed by atoms with Gasteiger partial charge in [0, 0.05) is 18.3 Å². The second-order valence-corrected chi connectivity index (χ2v) is 6.89. The molecule has 0 saturated heterocycles. The molecule has 1 atom stereocenters. The van der Waals surface area contributed by atoms with Gasteiger partial charge < -0.3 is 0 Å². The third-order valence-electron chi connectivity index (χ3n) is 3.06. The van der Waals surface area contributed by atoms with Crippen molar-refractivity contribution in [1.82, 2.24) is 14.5 Å². The summed E-state index contributed by atoms with van der Waals surface area (Å²) in [5.74, 6) is 0. The highest BCUT2D eigenvalue weighted by molar-refractivity contribution is 7.89. The van der Waals surface area contributed by atoms with Crippen molar-refractivity contribution in [2.45, 2.75) is 17.1 Å². The zero-order valence-electron chi connectivity index (χ0n) is 12.1. The average Bonchev–Trinajstić information content (AvgIpc) is 2.47. The van der Waals surface area contributed by atoms with Gasteiger partial charge >= 0.3 is 6.18 Å². The van der Waals surface area contributed by atoms with Crippen LogP contribution in [0.25, 0.3) is 0 Å². The average molecular weight is 382 g/mol. The number of rotatable bonds is 4. The van der Waals surface area contributed by atoms with Gasteiger partial charge in [-0.1, -0.05) is 23.7 Å². The smallest absolute Gasteiger partial charge is 0.266 e. The first-order valence-corrected chi connectivity index (χ1v) is 8.25. The zero-order valence-corrected chi connectivity index (χ0v) is 13.7. The summed E-state index contributed by atoms with van der Waals surface area (Å²) in [5, 5.41) is 3.72. The lowest BCUT2D eigenvalue weighted by Gasteiger charge is -2.22. The molecule has 2 rings (SSSR count). The molecule has 1 N–H and O–H groups in total. The lowest BCUT2D eigenvalue weighted by molar-refractivity contribution is -0.153. The fourth-order valence-corrected chi connectivity index (χ4v) is 3.32. The summed E-state index contributed by atoms with van der Waals surface area (Å²) in [6.07, 6.45) is -3.92. The van der Waals surface area contributed by atoms with Crippen LogP contribution in [-0.2, 0) is 17.1 Å². The summed E-state index contributed by atoms with van der Waals surface area (Å²) in [6, 6.07) is 2.81. The summed E-state index contributed by atoms with van der Waals surface area (Å²) in [5.41, 5.74) is -1.40. The van der Waals surface area contributed by atoms with Crippen LogP contribution in [0.4, 0.5) is 13.2 Å². The number of nitrogens with one attached hydrogen (secondary N) is 1. The first-order valence-electron chi connectivity index (χ1n) is 6.39. The van der Waals surface area contributed by atoms with Gasteiger partial charge in [0.2, 0.25) is 10.0 Å². The second-order valence-electron chi connectivity index (χ2n) is 4.77. The van der Waals surface area contributed by atoms with Gasteiger partial charge in [0.25, 0.3) is 5.56 Å². The highest BCUT2D eigenvalue weighted by Crippen LogP contribution is 2.34. The summed E-state index contributed by atoms with van der Waals surface area (Å²) >= 11 is 5.63. The maximum absolute atomic E-state index is 13.3. The van der Waals surface area contributed by atoms with E-state index in [1.165, 1.54) is 23.9 Å². The number of halogens is 4. The summed E-state index contributed by atoms with van der Waals surface area (Å²) in [6.45, 7) is 0. The van der Waals surface area contributed by atoms with Crippen molar-refractivity contribution < 1.29 is 21.6 Å².